The van der Waals surface area contributed by atoms with Gasteiger partial charge in [-0.15, -0.1) is 0 Å². The molecule has 2 heterocycles. The Morgan fingerprint density at radius 1 is 1.18 bits per heavy atom. The van der Waals surface area contributed by atoms with Gasteiger partial charge in [0.15, 0.2) is 0 Å². The van der Waals surface area contributed by atoms with Crippen LogP contribution in [0.4, 0.5) is 5.69 Å². The lowest BCUT2D eigenvalue weighted by atomic mass is 10.1. The first-order chi connectivity index (χ1) is 7.97. The monoisotopic (exact) mass is 229 g/mol. The van der Waals surface area contributed by atoms with E-state index in [1.807, 2.05) is 32.9 Å². The summed E-state index contributed by atoms with van der Waals surface area (Å²) in [6.07, 6.45) is 0. The normalized spacial score (nSPS) is 10.5. The molecule has 2 rings (SSSR count). The minimum Gasteiger partial charge on any atom is -0.394 e. The molecule has 2 aromatic rings. The van der Waals surface area contributed by atoms with Gasteiger partial charge in [0, 0.05) is 17.0 Å². The molecule has 0 aliphatic rings. The fourth-order valence-corrected chi connectivity index (χ4v) is 1.88. The first kappa shape index (κ1) is 11.4. The van der Waals surface area contributed by atoms with Crippen molar-refractivity contribution in [1.82, 2.24) is 9.97 Å². The highest BCUT2D eigenvalue weighted by atomic mass is 16.1. The van der Waals surface area contributed by atoms with E-state index in [1.54, 1.807) is 6.07 Å². The Morgan fingerprint density at radius 2 is 1.88 bits per heavy atom. The van der Waals surface area contributed by atoms with Gasteiger partial charge in [0.05, 0.1) is 11.4 Å². The zero-order chi connectivity index (χ0) is 12.6. The van der Waals surface area contributed by atoms with Crippen LogP contribution < -0.4 is 11.3 Å². The summed E-state index contributed by atoms with van der Waals surface area (Å²) in [5.74, 6) is 0. The number of anilines is 1. The first-order valence-electron chi connectivity index (χ1n) is 5.42. The molecule has 0 unspecified atom stereocenters. The van der Waals surface area contributed by atoms with Gasteiger partial charge in [-0.1, -0.05) is 0 Å². The quantitative estimate of drug-likeness (QED) is 0.785. The van der Waals surface area contributed by atoms with Crippen LogP contribution in [0.5, 0.6) is 0 Å². The summed E-state index contributed by atoms with van der Waals surface area (Å²) in [6, 6.07) is 5.66. The highest BCUT2D eigenvalue weighted by molar-refractivity contribution is 5.66. The van der Waals surface area contributed by atoms with Crippen molar-refractivity contribution in [3.05, 3.63) is 45.5 Å². The molecule has 4 heteroatoms. The van der Waals surface area contributed by atoms with E-state index in [1.165, 1.54) is 0 Å². The molecule has 4 nitrogen and oxygen atoms in total. The third kappa shape index (κ3) is 2.20. The molecular formula is C13H15N3O. The number of hydrogen-bond donors (Lipinski definition) is 2. The van der Waals surface area contributed by atoms with Gasteiger partial charge in [-0.3, -0.25) is 9.78 Å². The Bertz CT molecular complexity index is 609. The molecule has 2 aromatic heterocycles. The van der Waals surface area contributed by atoms with Crippen LogP contribution in [0.25, 0.3) is 11.3 Å². The van der Waals surface area contributed by atoms with Gasteiger partial charge in [0.2, 0.25) is 0 Å². The van der Waals surface area contributed by atoms with E-state index in [9.17, 15) is 4.79 Å². The lowest BCUT2D eigenvalue weighted by molar-refractivity contribution is 1.12. The summed E-state index contributed by atoms with van der Waals surface area (Å²) in [4.78, 5) is 18.5. The minimum atomic E-state index is -0.254. The Morgan fingerprint density at radius 3 is 2.53 bits per heavy atom. The van der Waals surface area contributed by atoms with Crippen LogP contribution in [0.15, 0.2) is 23.0 Å². The lowest BCUT2D eigenvalue weighted by Gasteiger charge is -2.08. The zero-order valence-corrected chi connectivity index (χ0v) is 10.2. The Balaban J connectivity index is 2.68. The number of rotatable bonds is 1. The van der Waals surface area contributed by atoms with E-state index >= 15 is 0 Å². The number of aromatic nitrogens is 2. The number of pyridine rings is 2. The number of nitrogens with one attached hydrogen (secondary N) is 1. The molecular weight excluding hydrogens is 214 g/mol. The molecule has 0 fully saturated rings. The van der Waals surface area contributed by atoms with Gasteiger partial charge in [0.25, 0.3) is 5.56 Å². The van der Waals surface area contributed by atoms with E-state index in [4.69, 9.17) is 5.73 Å². The van der Waals surface area contributed by atoms with Crippen molar-refractivity contribution in [3.63, 3.8) is 0 Å². The van der Waals surface area contributed by atoms with Crippen LogP contribution in [0.3, 0.4) is 0 Å². The molecule has 0 saturated carbocycles. The predicted octanol–water partition coefficient (Wildman–Crippen LogP) is 1.94. The van der Waals surface area contributed by atoms with Gasteiger partial charge in [0.1, 0.15) is 0 Å². The smallest absolute Gasteiger partial charge is 0.271 e. The van der Waals surface area contributed by atoms with Gasteiger partial charge < -0.3 is 10.7 Å². The average molecular weight is 229 g/mol. The Labute approximate surface area is 99.5 Å². The molecule has 17 heavy (non-hydrogen) atoms. The van der Waals surface area contributed by atoms with Crippen LogP contribution in [-0.2, 0) is 0 Å². The summed E-state index contributed by atoms with van der Waals surface area (Å²) in [6.45, 7) is 5.80. The number of nitrogens with zero attached hydrogens (tertiary/aromatic N) is 1. The maximum absolute atomic E-state index is 11.4. The summed E-state index contributed by atoms with van der Waals surface area (Å²) in [7, 11) is 0. The minimum absolute atomic E-state index is 0.214. The number of nitrogen functional groups attached to an aromatic ring is 1. The molecule has 0 spiro atoms. The second-order valence-corrected chi connectivity index (χ2v) is 4.26. The van der Waals surface area contributed by atoms with Crippen molar-refractivity contribution >= 4 is 5.69 Å². The van der Waals surface area contributed by atoms with Crippen LogP contribution in [0.1, 0.15) is 17.0 Å². The van der Waals surface area contributed by atoms with Crippen molar-refractivity contribution in [2.45, 2.75) is 20.8 Å². The number of hydrogen-bond acceptors (Lipinski definition) is 3. The maximum Gasteiger partial charge on any atom is 0.271 e. The Hall–Kier alpha value is -2.10. The van der Waals surface area contributed by atoms with Gasteiger partial charge >= 0.3 is 0 Å². The molecule has 0 saturated heterocycles. The molecule has 88 valence electrons. The van der Waals surface area contributed by atoms with E-state index in [0.29, 0.717) is 0 Å². The molecule has 0 aliphatic carbocycles. The number of nitrogens with two attached hydrogens (primary N) is 1. The van der Waals surface area contributed by atoms with Crippen LogP contribution >= 0.6 is 0 Å². The predicted molar refractivity (Wildman–Crippen MR) is 68.9 cm³/mol. The van der Waals surface area contributed by atoms with Crippen molar-refractivity contribution in [3.8, 4) is 11.3 Å². The topological polar surface area (TPSA) is 71.8 Å². The average Bonchev–Trinajstić information content (AvgIpc) is 2.22. The number of aromatic amines is 1. The lowest BCUT2D eigenvalue weighted by Crippen LogP contribution is -2.13. The molecule has 0 amide bonds. The van der Waals surface area contributed by atoms with Crippen molar-refractivity contribution in [1.29, 1.82) is 0 Å². The van der Waals surface area contributed by atoms with Gasteiger partial charge in [-0.2, -0.15) is 0 Å². The molecule has 0 aliphatic heterocycles. The summed E-state index contributed by atoms with van der Waals surface area (Å²) < 4.78 is 0. The van der Waals surface area contributed by atoms with Crippen LogP contribution in [-0.4, -0.2) is 9.97 Å². The first-order valence-corrected chi connectivity index (χ1v) is 5.42. The van der Waals surface area contributed by atoms with Crippen LogP contribution in [0.2, 0.25) is 0 Å². The molecule has 0 bridgehead atoms. The van der Waals surface area contributed by atoms with Gasteiger partial charge in [-0.05, 0) is 44.5 Å². The summed E-state index contributed by atoms with van der Waals surface area (Å²) >= 11 is 0. The second kappa shape index (κ2) is 4.05. The van der Waals surface area contributed by atoms with Crippen molar-refractivity contribution in [2.24, 2.45) is 0 Å². The molecule has 0 aromatic carbocycles. The third-order valence-electron chi connectivity index (χ3n) is 2.64. The van der Waals surface area contributed by atoms with E-state index in [0.717, 1.165) is 28.2 Å². The number of H-pyrrole nitrogens is 1. The van der Waals surface area contributed by atoms with E-state index in [-0.39, 0.29) is 11.2 Å². The molecule has 0 atom stereocenters. The van der Waals surface area contributed by atoms with Crippen molar-refractivity contribution < 1.29 is 0 Å². The fraction of sp³-hybridized carbons (Fsp3) is 0.231. The van der Waals surface area contributed by atoms with E-state index in [2.05, 4.69) is 9.97 Å². The summed E-state index contributed by atoms with van der Waals surface area (Å²) in [5, 5.41) is 0. The number of aryl methyl sites for hydroxylation is 3. The SMILES string of the molecule is Cc1cc(C)nc(-c2cc(N)c(=O)[nH]c2C)c1. The third-order valence-corrected chi connectivity index (χ3v) is 2.64. The van der Waals surface area contributed by atoms with Crippen molar-refractivity contribution in [2.75, 3.05) is 5.73 Å². The largest absolute Gasteiger partial charge is 0.394 e. The standard InChI is InChI=1S/C13H15N3O/c1-7-4-8(2)15-12(5-7)10-6-11(14)13(17)16-9(10)3/h4-6H,14H2,1-3H3,(H,16,17). The molecule has 0 radical (unpaired) electrons. The zero-order valence-electron chi connectivity index (χ0n) is 10.2. The Kier molecular flexibility index (Phi) is 2.71. The maximum atomic E-state index is 11.4. The van der Waals surface area contributed by atoms with Gasteiger partial charge in [-0.25, -0.2) is 0 Å². The second-order valence-electron chi connectivity index (χ2n) is 4.26. The fourth-order valence-electron chi connectivity index (χ4n) is 1.88. The summed E-state index contributed by atoms with van der Waals surface area (Å²) in [5.41, 5.74) is 10.2. The highest BCUT2D eigenvalue weighted by Gasteiger charge is 2.07. The molecule has 3 N–H and O–H groups in total. The highest BCUT2D eigenvalue weighted by Crippen LogP contribution is 2.22. The van der Waals surface area contributed by atoms with Crippen LogP contribution in [0, 0.1) is 20.8 Å². The van der Waals surface area contributed by atoms with E-state index < -0.39 is 0 Å².